The molecule has 0 saturated carbocycles. The van der Waals surface area contributed by atoms with Crippen molar-refractivity contribution in [2.75, 3.05) is 13.1 Å². The summed E-state index contributed by atoms with van der Waals surface area (Å²) in [5, 5.41) is 3.61. The predicted octanol–water partition coefficient (Wildman–Crippen LogP) is 2.28. The van der Waals surface area contributed by atoms with Gasteiger partial charge < -0.3 is 10.1 Å². The molecule has 2 atom stereocenters. The smallest absolute Gasteiger partial charge is 0.308 e. The van der Waals surface area contributed by atoms with E-state index in [0.717, 1.165) is 25.1 Å². The molecule has 1 aromatic heterocycles. The second-order valence-corrected chi connectivity index (χ2v) is 5.44. The van der Waals surface area contributed by atoms with Crippen LogP contribution in [0.5, 0.6) is 5.75 Å². The molecule has 1 aromatic rings. The number of rotatable bonds is 2. The summed E-state index contributed by atoms with van der Waals surface area (Å²) in [6.07, 6.45) is 5.09. The highest BCUT2D eigenvalue weighted by atomic mass is 35.5. The summed E-state index contributed by atoms with van der Waals surface area (Å²) >= 11 is 5.92. The van der Waals surface area contributed by atoms with Crippen LogP contribution >= 0.6 is 11.6 Å². The van der Waals surface area contributed by atoms with Crippen LogP contribution < -0.4 is 10.1 Å². The first-order valence-electron chi connectivity index (χ1n) is 6.39. The summed E-state index contributed by atoms with van der Waals surface area (Å²) in [5.74, 6) is 1.25. The molecule has 1 N–H and O–H groups in total. The Morgan fingerprint density at radius 1 is 1.53 bits per heavy atom. The lowest BCUT2D eigenvalue weighted by Crippen LogP contribution is -2.09. The largest absolute Gasteiger partial charge is 0.423 e. The average Bonchev–Trinajstić information content (AvgIpc) is 2.91. The molecule has 100 valence electrons. The molecular formula is C14H15ClN2O2. The summed E-state index contributed by atoms with van der Waals surface area (Å²) in [5.41, 5.74) is 2.27. The molecule has 2 aliphatic rings. The number of carbonyl (C=O) groups excluding carboxylic acids is 1. The molecule has 0 aromatic carbocycles. The first-order chi connectivity index (χ1) is 9.13. The lowest BCUT2D eigenvalue weighted by molar-refractivity contribution is -0.131. The van der Waals surface area contributed by atoms with E-state index in [1.807, 2.05) is 0 Å². The lowest BCUT2D eigenvalue weighted by Gasteiger charge is -2.09. The van der Waals surface area contributed by atoms with E-state index in [1.54, 1.807) is 12.3 Å². The van der Waals surface area contributed by atoms with Crippen molar-refractivity contribution in [3.63, 3.8) is 0 Å². The SMILES string of the molecule is CC(=O)Oc1cc(C2=CC3CNCC3C2)cnc1Cl. The van der Waals surface area contributed by atoms with Crippen LogP contribution in [0.1, 0.15) is 18.9 Å². The zero-order chi connectivity index (χ0) is 13.4. The number of ether oxygens (including phenoxy) is 1. The van der Waals surface area contributed by atoms with Crippen LogP contribution in [0.15, 0.2) is 18.3 Å². The maximum atomic E-state index is 11.0. The van der Waals surface area contributed by atoms with Gasteiger partial charge in [0, 0.05) is 19.7 Å². The predicted molar refractivity (Wildman–Crippen MR) is 73.0 cm³/mol. The maximum Gasteiger partial charge on any atom is 0.308 e. The van der Waals surface area contributed by atoms with Crippen LogP contribution in [0.2, 0.25) is 5.15 Å². The highest BCUT2D eigenvalue weighted by Gasteiger charge is 2.32. The van der Waals surface area contributed by atoms with E-state index in [0.29, 0.717) is 17.6 Å². The Morgan fingerprint density at radius 3 is 3.11 bits per heavy atom. The number of halogens is 1. The molecule has 1 saturated heterocycles. The molecule has 1 aliphatic carbocycles. The van der Waals surface area contributed by atoms with E-state index in [4.69, 9.17) is 16.3 Å². The van der Waals surface area contributed by atoms with Gasteiger partial charge in [-0.2, -0.15) is 0 Å². The molecule has 3 rings (SSSR count). The van der Waals surface area contributed by atoms with E-state index in [1.165, 1.54) is 12.5 Å². The third-order valence-electron chi connectivity index (χ3n) is 3.72. The highest BCUT2D eigenvalue weighted by molar-refractivity contribution is 6.31. The number of esters is 1. The summed E-state index contributed by atoms with van der Waals surface area (Å²) in [7, 11) is 0. The van der Waals surface area contributed by atoms with Crippen LogP contribution in [0.4, 0.5) is 0 Å². The number of hydrogen-bond donors (Lipinski definition) is 1. The number of nitrogens with zero attached hydrogens (tertiary/aromatic N) is 1. The molecule has 1 aliphatic heterocycles. The van der Waals surface area contributed by atoms with Gasteiger partial charge in [0.1, 0.15) is 0 Å². The highest BCUT2D eigenvalue weighted by Crippen LogP contribution is 2.39. The third-order valence-corrected chi connectivity index (χ3v) is 4.00. The van der Waals surface area contributed by atoms with E-state index in [9.17, 15) is 4.79 Å². The van der Waals surface area contributed by atoms with E-state index in [-0.39, 0.29) is 11.1 Å². The monoisotopic (exact) mass is 278 g/mol. The van der Waals surface area contributed by atoms with Crippen molar-refractivity contribution >= 4 is 23.1 Å². The molecule has 0 amide bonds. The number of pyridine rings is 1. The fourth-order valence-electron chi connectivity index (χ4n) is 2.82. The Morgan fingerprint density at radius 2 is 2.37 bits per heavy atom. The molecule has 0 spiro atoms. The zero-order valence-electron chi connectivity index (χ0n) is 10.6. The van der Waals surface area contributed by atoms with Gasteiger partial charge in [-0.15, -0.1) is 0 Å². The van der Waals surface area contributed by atoms with Crippen molar-refractivity contribution in [1.29, 1.82) is 0 Å². The van der Waals surface area contributed by atoms with E-state index < -0.39 is 0 Å². The minimum absolute atomic E-state index is 0.222. The Balaban J connectivity index is 1.87. The Hall–Kier alpha value is -1.39. The molecule has 0 bridgehead atoms. The molecule has 5 heteroatoms. The average molecular weight is 279 g/mol. The van der Waals surface area contributed by atoms with Gasteiger partial charge in [-0.25, -0.2) is 4.98 Å². The fraction of sp³-hybridized carbons (Fsp3) is 0.429. The van der Waals surface area contributed by atoms with Crippen molar-refractivity contribution in [3.8, 4) is 5.75 Å². The van der Waals surface area contributed by atoms with Crippen molar-refractivity contribution in [2.24, 2.45) is 11.8 Å². The van der Waals surface area contributed by atoms with Gasteiger partial charge in [0.05, 0.1) is 0 Å². The lowest BCUT2D eigenvalue weighted by atomic mass is 9.99. The second kappa shape index (κ2) is 4.94. The van der Waals surface area contributed by atoms with Gasteiger partial charge >= 0.3 is 5.97 Å². The van der Waals surface area contributed by atoms with Gasteiger partial charge in [-0.3, -0.25) is 4.79 Å². The summed E-state index contributed by atoms with van der Waals surface area (Å²) in [4.78, 5) is 15.1. The number of carbonyl (C=O) groups is 1. The van der Waals surface area contributed by atoms with Crippen molar-refractivity contribution < 1.29 is 9.53 Å². The summed E-state index contributed by atoms with van der Waals surface area (Å²) in [6, 6.07) is 1.80. The van der Waals surface area contributed by atoms with Crippen LogP contribution in [0, 0.1) is 11.8 Å². The standard InChI is InChI=1S/C14H15ClN2O2/c1-8(18)19-13-4-12(7-17-14(13)15)9-2-10-5-16-6-11(10)3-9/h2,4,7,10-11,16H,3,5-6H2,1H3. The van der Waals surface area contributed by atoms with Gasteiger partial charge in [0.2, 0.25) is 0 Å². The molecule has 4 nitrogen and oxygen atoms in total. The molecule has 0 radical (unpaired) electrons. The minimum Gasteiger partial charge on any atom is -0.423 e. The fourth-order valence-corrected chi connectivity index (χ4v) is 2.97. The Kier molecular flexibility index (Phi) is 3.29. The van der Waals surface area contributed by atoms with Crippen LogP contribution in [-0.4, -0.2) is 24.0 Å². The molecule has 1 fully saturated rings. The van der Waals surface area contributed by atoms with Gasteiger partial charge in [0.25, 0.3) is 0 Å². The topological polar surface area (TPSA) is 51.2 Å². The number of nitrogens with one attached hydrogen (secondary N) is 1. The van der Waals surface area contributed by atoms with Crippen molar-refractivity contribution in [1.82, 2.24) is 10.3 Å². The molecule has 2 heterocycles. The summed E-state index contributed by atoms with van der Waals surface area (Å²) in [6.45, 7) is 3.47. The van der Waals surface area contributed by atoms with Crippen LogP contribution in [0.25, 0.3) is 5.57 Å². The number of hydrogen-bond acceptors (Lipinski definition) is 4. The second-order valence-electron chi connectivity index (χ2n) is 5.08. The Labute approximate surface area is 116 Å². The number of aromatic nitrogens is 1. The van der Waals surface area contributed by atoms with Crippen LogP contribution in [0.3, 0.4) is 0 Å². The first-order valence-corrected chi connectivity index (χ1v) is 6.77. The molecular weight excluding hydrogens is 264 g/mol. The molecule has 19 heavy (non-hydrogen) atoms. The van der Waals surface area contributed by atoms with Crippen molar-refractivity contribution in [2.45, 2.75) is 13.3 Å². The first kappa shape index (κ1) is 12.6. The zero-order valence-corrected chi connectivity index (χ0v) is 11.4. The molecule has 2 unspecified atom stereocenters. The van der Waals surface area contributed by atoms with Crippen LogP contribution in [-0.2, 0) is 4.79 Å². The quantitative estimate of drug-likeness (QED) is 0.666. The van der Waals surface area contributed by atoms with Gasteiger partial charge in [-0.05, 0) is 42.0 Å². The third kappa shape index (κ3) is 2.51. The van der Waals surface area contributed by atoms with E-state index in [2.05, 4.69) is 16.4 Å². The summed E-state index contributed by atoms with van der Waals surface area (Å²) < 4.78 is 5.07. The minimum atomic E-state index is -0.387. The van der Waals surface area contributed by atoms with Gasteiger partial charge in [-0.1, -0.05) is 17.7 Å². The van der Waals surface area contributed by atoms with Gasteiger partial charge in [0.15, 0.2) is 10.9 Å². The Bertz CT molecular complexity index is 556. The number of fused-ring (bicyclic) bond motifs is 1. The van der Waals surface area contributed by atoms with Crippen molar-refractivity contribution in [3.05, 3.63) is 29.1 Å². The number of allylic oxidation sites excluding steroid dienone is 1. The van der Waals surface area contributed by atoms with E-state index >= 15 is 0 Å². The maximum absolute atomic E-state index is 11.0. The normalized spacial score (nSPS) is 25.1.